The van der Waals surface area contributed by atoms with Gasteiger partial charge in [-0.05, 0) is 36.8 Å². The van der Waals surface area contributed by atoms with Crippen molar-refractivity contribution in [3.8, 4) is 0 Å². The maximum Gasteiger partial charge on any atom is 0.275 e. The molecule has 2 atom stereocenters. The Morgan fingerprint density at radius 3 is 2.67 bits per heavy atom. The van der Waals surface area contributed by atoms with Gasteiger partial charge < -0.3 is 14.6 Å². The minimum absolute atomic E-state index is 0.0153. The third kappa shape index (κ3) is 4.92. The number of carbonyl (C=O) groups excluding carboxylic acids is 1. The molecule has 1 heterocycles. The normalized spacial score (nSPS) is 13.7. The number of benzene rings is 1. The van der Waals surface area contributed by atoms with E-state index in [-0.39, 0.29) is 11.9 Å². The zero-order valence-electron chi connectivity index (χ0n) is 12.2. The van der Waals surface area contributed by atoms with Crippen LogP contribution in [0.4, 0.5) is 0 Å². The monoisotopic (exact) mass is 307 g/mol. The molecule has 0 aliphatic heterocycles. The Bertz CT molecular complexity index is 566. The van der Waals surface area contributed by atoms with E-state index >= 15 is 0 Å². The van der Waals surface area contributed by atoms with Gasteiger partial charge in [-0.25, -0.2) is 0 Å². The van der Waals surface area contributed by atoms with Gasteiger partial charge in [-0.15, -0.1) is 0 Å². The Labute approximate surface area is 129 Å². The Kier molecular flexibility index (Phi) is 5.42. The van der Waals surface area contributed by atoms with Gasteiger partial charge in [0.1, 0.15) is 6.54 Å². The molecule has 1 aromatic heterocycles. The molecule has 1 unspecified atom stereocenters. The molecule has 1 aromatic carbocycles. The number of nitrogens with one attached hydrogen (secondary N) is 2. The van der Waals surface area contributed by atoms with Crippen molar-refractivity contribution < 1.29 is 14.1 Å². The fourth-order valence-corrected chi connectivity index (χ4v) is 2.30. The topological polar surface area (TPSA) is 46.7 Å². The highest BCUT2D eigenvalue weighted by molar-refractivity contribution is 6.30. The summed E-state index contributed by atoms with van der Waals surface area (Å²) in [5.41, 5.74) is 1.04. The second-order valence-electron chi connectivity index (χ2n) is 5.23. The third-order valence-electron chi connectivity index (χ3n) is 3.27. The average molecular weight is 308 g/mol. The largest absolute Gasteiger partial charge is 0.463 e. The number of rotatable bonds is 6. The first-order valence-electron chi connectivity index (χ1n) is 6.93. The van der Waals surface area contributed by atoms with Crippen molar-refractivity contribution >= 4 is 17.5 Å². The van der Waals surface area contributed by atoms with Crippen molar-refractivity contribution in [1.82, 2.24) is 5.32 Å². The standard InChI is InChI=1S/C16H19ClN2O2/c1-12(13-5-7-14(17)8-6-13)18-16(20)11-19(2)10-15-4-3-9-21-15/h3-9,12H,10-11H2,1-2H3,(H,18,20)/p+1/t12-/m0/s1. The van der Waals surface area contributed by atoms with Crippen molar-refractivity contribution in [3.05, 3.63) is 59.0 Å². The SMILES string of the molecule is C[C@H](NC(=O)C[NH+](C)Cc1ccco1)c1ccc(Cl)cc1. The highest BCUT2D eigenvalue weighted by Gasteiger charge is 2.14. The lowest BCUT2D eigenvalue weighted by Crippen LogP contribution is -3.08. The summed E-state index contributed by atoms with van der Waals surface area (Å²) in [7, 11) is 1.97. The summed E-state index contributed by atoms with van der Waals surface area (Å²) < 4.78 is 5.28. The van der Waals surface area contributed by atoms with E-state index in [0.29, 0.717) is 18.1 Å². The molecule has 0 radical (unpaired) electrons. The summed E-state index contributed by atoms with van der Waals surface area (Å²) in [6, 6.07) is 11.2. The predicted molar refractivity (Wildman–Crippen MR) is 82.2 cm³/mol. The number of furan rings is 1. The van der Waals surface area contributed by atoms with Crippen LogP contribution in [0.25, 0.3) is 0 Å². The molecule has 0 bridgehead atoms. The van der Waals surface area contributed by atoms with Crippen molar-refractivity contribution in [2.45, 2.75) is 19.5 Å². The van der Waals surface area contributed by atoms with Gasteiger partial charge in [-0.1, -0.05) is 23.7 Å². The summed E-state index contributed by atoms with van der Waals surface area (Å²) in [4.78, 5) is 13.1. The molecule has 2 aromatic rings. The fourth-order valence-electron chi connectivity index (χ4n) is 2.17. The number of halogens is 1. The van der Waals surface area contributed by atoms with Crippen LogP contribution in [0.5, 0.6) is 0 Å². The smallest absolute Gasteiger partial charge is 0.275 e. The van der Waals surface area contributed by atoms with E-state index in [2.05, 4.69) is 5.32 Å². The van der Waals surface area contributed by atoms with E-state index in [1.807, 2.05) is 50.4 Å². The van der Waals surface area contributed by atoms with Crippen molar-refractivity contribution in [1.29, 1.82) is 0 Å². The molecule has 0 spiro atoms. The molecule has 0 saturated carbocycles. The van der Waals surface area contributed by atoms with Gasteiger partial charge in [0.25, 0.3) is 5.91 Å². The number of likely N-dealkylation sites (N-methyl/N-ethyl adjacent to an activating group) is 1. The first-order chi connectivity index (χ1) is 10.0. The van der Waals surface area contributed by atoms with E-state index in [4.69, 9.17) is 16.0 Å². The lowest BCUT2D eigenvalue weighted by atomic mass is 10.1. The number of hydrogen-bond acceptors (Lipinski definition) is 2. The molecule has 2 N–H and O–H groups in total. The molecular weight excluding hydrogens is 288 g/mol. The van der Waals surface area contributed by atoms with Gasteiger partial charge >= 0.3 is 0 Å². The molecule has 21 heavy (non-hydrogen) atoms. The summed E-state index contributed by atoms with van der Waals surface area (Å²) in [6.07, 6.45) is 1.64. The number of quaternary nitrogens is 1. The molecule has 1 amide bonds. The van der Waals surface area contributed by atoms with Crippen molar-refractivity contribution in [2.75, 3.05) is 13.6 Å². The highest BCUT2D eigenvalue weighted by Crippen LogP contribution is 2.15. The van der Waals surface area contributed by atoms with Crippen molar-refractivity contribution in [2.24, 2.45) is 0 Å². The van der Waals surface area contributed by atoms with Crippen molar-refractivity contribution in [3.63, 3.8) is 0 Å². The van der Waals surface area contributed by atoms with E-state index in [1.165, 1.54) is 0 Å². The summed E-state index contributed by atoms with van der Waals surface area (Å²) in [6.45, 7) is 3.05. The zero-order chi connectivity index (χ0) is 15.2. The van der Waals surface area contributed by atoms with Crippen LogP contribution in [-0.4, -0.2) is 19.5 Å². The molecule has 112 valence electrons. The number of carbonyl (C=O) groups is 1. The molecule has 0 saturated heterocycles. The first kappa shape index (κ1) is 15.6. The van der Waals surface area contributed by atoms with Gasteiger partial charge in [0.05, 0.1) is 19.4 Å². The zero-order valence-corrected chi connectivity index (χ0v) is 13.0. The Hall–Kier alpha value is -1.78. The Morgan fingerprint density at radius 1 is 1.33 bits per heavy atom. The highest BCUT2D eigenvalue weighted by atomic mass is 35.5. The van der Waals surface area contributed by atoms with Gasteiger partial charge in [0, 0.05) is 5.02 Å². The van der Waals surface area contributed by atoms with Crippen LogP contribution >= 0.6 is 11.6 Å². The molecule has 2 rings (SSSR count). The van der Waals surface area contributed by atoms with Crippen LogP contribution in [0.3, 0.4) is 0 Å². The molecule has 0 aliphatic rings. The molecular formula is C16H20ClN2O2+. The minimum atomic E-state index is -0.0359. The van der Waals surface area contributed by atoms with Gasteiger partial charge in [-0.2, -0.15) is 0 Å². The maximum atomic E-state index is 12.0. The van der Waals surface area contributed by atoms with E-state index in [9.17, 15) is 4.79 Å². The number of amides is 1. The van der Waals surface area contributed by atoms with Crippen LogP contribution < -0.4 is 10.2 Å². The lowest BCUT2D eigenvalue weighted by molar-refractivity contribution is -0.886. The summed E-state index contributed by atoms with van der Waals surface area (Å²) in [5, 5.41) is 3.69. The fraction of sp³-hybridized carbons (Fsp3) is 0.312. The van der Waals surface area contributed by atoms with Crippen LogP contribution in [0.2, 0.25) is 5.02 Å². The van der Waals surface area contributed by atoms with E-state index in [1.54, 1.807) is 6.26 Å². The third-order valence-corrected chi connectivity index (χ3v) is 3.52. The van der Waals surface area contributed by atoms with Crippen LogP contribution in [0.15, 0.2) is 47.1 Å². The second-order valence-corrected chi connectivity index (χ2v) is 5.67. The Morgan fingerprint density at radius 2 is 2.05 bits per heavy atom. The quantitative estimate of drug-likeness (QED) is 0.855. The summed E-state index contributed by atoms with van der Waals surface area (Å²) in [5.74, 6) is 0.896. The Balaban J connectivity index is 1.82. The number of hydrogen-bond donors (Lipinski definition) is 2. The summed E-state index contributed by atoms with van der Waals surface area (Å²) >= 11 is 5.86. The molecule has 0 aliphatic carbocycles. The molecule has 4 nitrogen and oxygen atoms in total. The first-order valence-corrected chi connectivity index (χ1v) is 7.31. The van der Waals surface area contributed by atoms with Gasteiger partial charge in [-0.3, -0.25) is 4.79 Å². The van der Waals surface area contributed by atoms with Crippen LogP contribution in [0, 0.1) is 0 Å². The van der Waals surface area contributed by atoms with E-state index in [0.717, 1.165) is 16.2 Å². The van der Waals surface area contributed by atoms with Gasteiger partial charge in [0.15, 0.2) is 12.3 Å². The lowest BCUT2D eigenvalue weighted by Gasteiger charge is -2.17. The van der Waals surface area contributed by atoms with E-state index < -0.39 is 0 Å². The van der Waals surface area contributed by atoms with Crippen LogP contribution in [0.1, 0.15) is 24.3 Å². The molecule has 5 heteroatoms. The minimum Gasteiger partial charge on any atom is -0.463 e. The maximum absolute atomic E-state index is 12.0. The predicted octanol–water partition coefficient (Wildman–Crippen LogP) is 1.83. The van der Waals surface area contributed by atoms with Crippen LogP contribution in [-0.2, 0) is 11.3 Å². The van der Waals surface area contributed by atoms with Gasteiger partial charge in [0.2, 0.25) is 0 Å². The second kappa shape index (κ2) is 7.29. The average Bonchev–Trinajstić information content (AvgIpc) is 2.91. The molecule has 0 fully saturated rings.